The Kier molecular flexibility index (Phi) is 5.65. The zero-order valence-corrected chi connectivity index (χ0v) is 14.2. The van der Waals surface area contributed by atoms with Crippen molar-refractivity contribution in [2.24, 2.45) is 5.10 Å². The smallest absolute Gasteiger partial charge is 0.275 e. The van der Waals surface area contributed by atoms with Gasteiger partial charge in [0.05, 0.1) is 25.5 Å². The average Bonchev–Trinajstić information content (AvgIpc) is 2.60. The fourth-order valence-corrected chi connectivity index (χ4v) is 2.21. The Bertz CT molecular complexity index is 790. The molecule has 0 bridgehead atoms. The first-order valence-corrected chi connectivity index (χ1v) is 7.39. The summed E-state index contributed by atoms with van der Waals surface area (Å²) < 4.78 is 10.4. The summed E-state index contributed by atoms with van der Waals surface area (Å²) in [5, 5.41) is 14.1. The number of ether oxygens (including phenoxy) is 2. The van der Waals surface area contributed by atoms with Crippen LogP contribution in [0.15, 0.2) is 41.5 Å². The normalized spacial score (nSPS) is 11.1. The van der Waals surface area contributed by atoms with Crippen LogP contribution in [-0.4, -0.2) is 30.9 Å². The zero-order valence-electron chi connectivity index (χ0n) is 13.5. The van der Waals surface area contributed by atoms with Crippen molar-refractivity contribution < 1.29 is 19.4 Å². The molecule has 0 atom stereocenters. The second-order valence-electron chi connectivity index (χ2n) is 4.87. The van der Waals surface area contributed by atoms with E-state index in [-0.39, 0.29) is 11.3 Å². The second kappa shape index (κ2) is 7.70. The van der Waals surface area contributed by atoms with Gasteiger partial charge in [-0.3, -0.25) is 4.79 Å². The summed E-state index contributed by atoms with van der Waals surface area (Å²) in [5.74, 6) is 0.473. The molecule has 0 unspecified atom stereocenters. The molecule has 0 aliphatic carbocycles. The summed E-state index contributed by atoms with van der Waals surface area (Å²) in [6.45, 7) is 1.72. The van der Waals surface area contributed by atoms with Crippen molar-refractivity contribution in [1.82, 2.24) is 5.43 Å². The van der Waals surface area contributed by atoms with Gasteiger partial charge in [0.1, 0.15) is 17.2 Å². The van der Waals surface area contributed by atoms with Crippen molar-refractivity contribution in [1.29, 1.82) is 0 Å². The fourth-order valence-electron chi connectivity index (χ4n) is 2.04. The van der Waals surface area contributed by atoms with Crippen LogP contribution in [-0.2, 0) is 0 Å². The molecule has 0 saturated carbocycles. The van der Waals surface area contributed by atoms with Gasteiger partial charge in [-0.15, -0.1) is 0 Å². The van der Waals surface area contributed by atoms with Gasteiger partial charge in [-0.05, 0) is 37.3 Å². The van der Waals surface area contributed by atoms with Crippen LogP contribution in [0.25, 0.3) is 0 Å². The number of aromatic hydroxyl groups is 1. The Labute approximate surface area is 144 Å². The topological polar surface area (TPSA) is 80.2 Å². The third-order valence-corrected chi connectivity index (χ3v) is 3.56. The predicted octanol–water partition coefficient (Wildman–Crippen LogP) is 3.22. The van der Waals surface area contributed by atoms with Crippen molar-refractivity contribution in [2.75, 3.05) is 14.2 Å². The van der Waals surface area contributed by atoms with Crippen LogP contribution in [0, 0.1) is 0 Å². The van der Waals surface area contributed by atoms with Gasteiger partial charge in [-0.25, -0.2) is 5.43 Å². The van der Waals surface area contributed by atoms with E-state index in [1.54, 1.807) is 32.2 Å². The van der Waals surface area contributed by atoms with Gasteiger partial charge in [0, 0.05) is 16.7 Å². The molecule has 0 spiro atoms. The van der Waals surface area contributed by atoms with Gasteiger partial charge >= 0.3 is 0 Å². The van der Waals surface area contributed by atoms with E-state index in [9.17, 15) is 9.90 Å². The Morgan fingerprint density at radius 3 is 2.54 bits per heavy atom. The monoisotopic (exact) mass is 348 g/mol. The van der Waals surface area contributed by atoms with E-state index in [2.05, 4.69) is 10.5 Å². The van der Waals surface area contributed by atoms with Crippen LogP contribution in [0.3, 0.4) is 0 Å². The number of carbonyl (C=O) groups is 1. The minimum absolute atomic E-state index is 0.0424. The molecule has 24 heavy (non-hydrogen) atoms. The van der Waals surface area contributed by atoms with E-state index in [1.165, 1.54) is 25.3 Å². The Morgan fingerprint density at radius 2 is 1.88 bits per heavy atom. The molecule has 2 aromatic carbocycles. The number of rotatable bonds is 5. The minimum atomic E-state index is -0.568. The van der Waals surface area contributed by atoms with Crippen molar-refractivity contribution in [2.45, 2.75) is 6.92 Å². The number of methoxy groups -OCH3 is 2. The summed E-state index contributed by atoms with van der Waals surface area (Å²) in [7, 11) is 3.10. The number of nitrogens with one attached hydrogen (secondary N) is 1. The first-order chi connectivity index (χ1) is 11.5. The summed E-state index contributed by atoms with van der Waals surface area (Å²) >= 11 is 5.83. The van der Waals surface area contributed by atoms with Crippen LogP contribution >= 0.6 is 11.6 Å². The minimum Gasteiger partial charge on any atom is -0.507 e. The first kappa shape index (κ1) is 17.6. The highest BCUT2D eigenvalue weighted by Crippen LogP contribution is 2.25. The SMILES string of the molecule is COc1ccc(/C(C)=N\NC(=O)c2cc(Cl)ccc2O)c(OC)c1. The first-order valence-electron chi connectivity index (χ1n) is 7.01. The number of hydrazone groups is 1. The van der Waals surface area contributed by atoms with Crippen molar-refractivity contribution >= 4 is 23.2 Å². The second-order valence-corrected chi connectivity index (χ2v) is 5.30. The van der Waals surface area contributed by atoms with E-state index < -0.39 is 5.91 Å². The van der Waals surface area contributed by atoms with Crippen molar-refractivity contribution in [3.8, 4) is 17.2 Å². The number of phenols is 1. The molecule has 1 amide bonds. The van der Waals surface area contributed by atoms with Crippen molar-refractivity contribution in [3.63, 3.8) is 0 Å². The lowest BCUT2D eigenvalue weighted by molar-refractivity contribution is 0.0952. The van der Waals surface area contributed by atoms with Gasteiger partial charge in [0.2, 0.25) is 0 Å². The maximum atomic E-state index is 12.1. The fraction of sp³-hybridized carbons (Fsp3) is 0.176. The van der Waals surface area contributed by atoms with E-state index in [1.807, 2.05) is 0 Å². The molecule has 7 heteroatoms. The molecule has 0 radical (unpaired) electrons. The maximum absolute atomic E-state index is 12.1. The molecule has 0 aliphatic rings. The highest BCUT2D eigenvalue weighted by molar-refractivity contribution is 6.31. The Hall–Kier alpha value is -2.73. The lowest BCUT2D eigenvalue weighted by Gasteiger charge is -2.10. The summed E-state index contributed by atoms with van der Waals surface area (Å²) in [5.41, 5.74) is 3.67. The Morgan fingerprint density at radius 1 is 1.12 bits per heavy atom. The number of hydrogen-bond donors (Lipinski definition) is 2. The van der Waals surface area contributed by atoms with Crippen LogP contribution in [0.1, 0.15) is 22.8 Å². The van der Waals surface area contributed by atoms with Crippen LogP contribution < -0.4 is 14.9 Å². The van der Waals surface area contributed by atoms with Gasteiger partial charge < -0.3 is 14.6 Å². The average molecular weight is 349 g/mol. The third kappa shape index (κ3) is 3.97. The standard InChI is InChI=1S/C17H17ClN2O4/c1-10(13-6-5-12(23-2)9-16(13)24-3)19-20-17(22)14-8-11(18)4-7-15(14)21/h4-9,21H,1-3H3,(H,20,22)/b19-10-. The number of carbonyl (C=O) groups excluding carboxylic acids is 1. The van der Waals surface area contributed by atoms with Crippen LogP contribution in [0.2, 0.25) is 5.02 Å². The van der Waals surface area contributed by atoms with Crippen LogP contribution in [0.4, 0.5) is 0 Å². The van der Waals surface area contributed by atoms with Gasteiger partial charge in [-0.1, -0.05) is 11.6 Å². The third-order valence-electron chi connectivity index (χ3n) is 3.33. The summed E-state index contributed by atoms with van der Waals surface area (Å²) in [4.78, 5) is 12.1. The molecule has 2 aromatic rings. The lowest BCUT2D eigenvalue weighted by atomic mass is 10.1. The zero-order chi connectivity index (χ0) is 17.7. The van der Waals surface area contributed by atoms with E-state index in [0.717, 1.165) is 0 Å². The molecule has 0 aliphatic heterocycles. The van der Waals surface area contributed by atoms with Gasteiger partial charge in [0.25, 0.3) is 5.91 Å². The molecular formula is C17H17ClN2O4. The van der Waals surface area contributed by atoms with Gasteiger partial charge in [-0.2, -0.15) is 5.10 Å². The highest BCUT2D eigenvalue weighted by atomic mass is 35.5. The quantitative estimate of drug-likeness (QED) is 0.642. The summed E-state index contributed by atoms with van der Waals surface area (Å²) in [6.07, 6.45) is 0. The molecule has 0 aromatic heterocycles. The Balaban J connectivity index is 2.22. The van der Waals surface area contributed by atoms with E-state index in [0.29, 0.717) is 27.8 Å². The van der Waals surface area contributed by atoms with E-state index >= 15 is 0 Å². The van der Waals surface area contributed by atoms with Crippen LogP contribution in [0.5, 0.6) is 17.2 Å². The maximum Gasteiger partial charge on any atom is 0.275 e. The molecule has 2 rings (SSSR count). The number of nitrogens with zero attached hydrogens (tertiary/aromatic N) is 1. The van der Waals surface area contributed by atoms with Crippen molar-refractivity contribution in [3.05, 3.63) is 52.5 Å². The summed E-state index contributed by atoms with van der Waals surface area (Å²) in [6, 6.07) is 9.47. The highest BCUT2D eigenvalue weighted by Gasteiger charge is 2.12. The molecule has 0 fully saturated rings. The number of hydrogen-bond acceptors (Lipinski definition) is 5. The largest absolute Gasteiger partial charge is 0.507 e. The molecule has 0 heterocycles. The lowest BCUT2D eigenvalue weighted by Crippen LogP contribution is -2.19. The van der Waals surface area contributed by atoms with E-state index in [4.69, 9.17) is 21.1 Å². The number of halogens is 1. The molecular weight excluding hydrogens is 332 g/mol. The number of phenolic OH excluding ortho intramolecular Hbond substituents is 1. The predicted molar refractivity (Wildman–Crippen MR) is 92.3 cm³/mol. The van der Waals surface area contributed by atoms with Gasteiger partial charge in [0.15, 0.2) is 0 Å². The molecule has 126 valence electrons. The molecule has 6 nitrogen and oxygen atoms in total. The molecule has 0 saturated heterocycles. The number of benzene rings is 2. The number of amides is 1. The molecule has 2 N–H and O–H groups in total.